The van der Waals surface area contributed by atoms with Crippen molar-refractivity contribution < 1.29 is 4.79 Å². The molecule has 0 aliphatic carbocycles. The van der Waals surface area contributed by atoms with E-state index in [1.807, 2.05) is 23.3 Å². The Kier molecular flexibility index (Phi) is 2.74. The van der Waals surface area contributed by atoms with Gasteiger partial charge in [-0.2, -0.15) is 0 Å². The first-order valence-corrected chi connectivity index (χ1v) is 7.00. The van der Waals surface area contributed by atoms with Crippen LogP contribution in [0, 0.1) is 13.8 Å². The van der Waals surface area contributed by atoms with Crippen molar-refractivity contribution in [3.63, 3.8) is 0 Å². The van der Waals surface area contributed by atoms with Crippen molar-refractivity contribution in [1.29, 1.82) is 0 Å². The molecule has 3 nitrogen and oxygen atoms in total. The van der Waals surface area contributed by atoms with Crippen LogP contribution in [0.15, 0.2) is 24.0 Å². The zero-order valence-electron chi connectivity index (χ0n) is 10.6. The number of dihydropyridines is 1. The van der Waals surface area contributed by atoms with E-state index in [-0.39, 0.29) is 5.91 Å². The van der Waals surface area contributed by atoms with E-state index in [0.29, 0.717) is 0 Å². The third-order valence-electron chi connectivity index (χ3n) is 3.61. The standard InChI is InChI=1S/C14H16N2OS/c1-9-10(2)18-12-5-7-16(14(17)13(9)12)11-4-3-6-15-8-11/h3-4,6,15H,5,7-8H2,1-2H3. The van der Waals surface area contributed by atoms with Crippen molar-refractivity contribution in [3.8, 4) is 0 Å². The predicted molar refractivity (Wildman–Crippen MR) is 73.8 cm³/mol. The molecule has 0 saturated carbocycles. The molecule has 18 heavy (non-hydrogen) atoms. The number of carbonyl (C=O) groups excluding carboxylic acids is 1. The Balaban J connectivity index is 1.98. The lowest BCUT2D eigenvalue weighted by atomic mass is 10.0. The van der Waals surface area contributed by atoms with Crippen molar-refractivity contribution >= 4 is 17.2 Å². The number of rotatable bonds is 1. The third kappa shape index (κ3) is 1.68. The minimum Gasteiger partial charge on any atom is -0.385 e. The molecule has 94 valence electrons. The summed E-state index contributed by atoms with van der Waals surface area (Å²) in [5, 5.41) is 3.16. The third-order valence-corrected chi connectivity index (χ3v) is 4.88. The zero-order chi connectivity index (χ0) is 12.7. The summed E-state index contributed by atoms with van der Waals surface area (Å²) in [5.74, 6) is 0.168. The van der Waals surface area contributed by atoms with Crippen LogP contribution < -0.4 is 5.32 Å². The minimum atomic E-state index is 0.168. The second kappa shape index (κ2) is 4.28. The fourth-order valence-electron chi connectivity index (χ4n) is 2.51. The van der Waals surface area contributed by atoms with E-state index in [1.54, 1.807) is 11.3 Å². The molecular formula is C14H16N2OS. The highest BCUT2D eigenvalue weighted by Gasteiger charge is 2.30. The van der Waals surface area contributed by atoms with Crippen LogP contribution >= 0.6 is 11.3 Å². The van der Waals surface area contributed by atoms with Gasteiger partial charge in [0, 0.05) is 28.4 Å². The van der Waals surface area contributed by atoms with Gasteiger partial charge in [0.25, 0.3) is 5.91 Å². The molecule has 0 aromatic carbocycles. The van der Waals surface area contributed by atoms with Crippen molar-refractivity contribution in [2.24, 2.45) is 0 Å². The van der Waals surface area contributed by atoms with Gasteiger partial charge in [0.1, 0.15) is 0 Å². The Morgan fingerprint density at radius 1 is 1.39 bits per heavy atom. The fraction of sp³-hybridized carbons (Fsp3) is 0.357. The van der Waals surface area contributed by atoms with Gasteiger partial charge in [-0.05, 0) is 37.8 Å². The van der Waals surface area contributed by atoms with E-state index >= 15 is 0 Å². The first kappa shape index (κ1) is 11.5. The van der Waals surface area contributed by atoms with Gasteiger partial charge in [-0.3, -0.25) is 4.79 Å². The van der Waals surface area contributed by atoms with E-state index in [2.05, 4.69) is 19.2 Å². The summed E-state index contributed by atoms with van der Waals surface area (Å²) in [5.41, 5.74) is 3.17. The summed E-state index contributed by atoms with van der Waals surface area (Å²) in [6.45, 7) is 5.69. The largest absolute Gasteiger partial charge is 0.385 e. The number of carbonyl (C=O) groups is 1. The maximum absolute atomic E-state index is 12.6. The maximum Gasteiger partial charge on any atom is 0.259 e. The Labute approximate surface area is 111 Å². The molecule has 1 amide bonds. The number of allylic oxidation sites excluding steroid dienone is 2. The number of thiophene rings is 1. The zero-order valence-corrected chi connectivity index (χ0v) is 11.4. The average Bonchev–Trinajstić information content (AvgIpc) is 2.67. The lowest BCUT2D eigenvalue weighted by Crippen LogP contribution is -2.39. The van der Waals surface area contributed by atoms with Crippen molar-refractivity contribution in [1.82, 2.24) is 10.2 Å². The summed E-state index contributed by atoms with van der Waals surface area (Å²) in [6, 6.07) is 0. The van der Waals surface area contributed by atoms with Crippen LogP contribution in [-0.4, -0.2) is 23.9 Å². The fourth-order valence-corrected chi connectivity index (χ4v) is 3.67. The molecule has 2 aliphatic heterocycles. The molecule has 4 heteroatoms. The minimum absolute atomic E-state index is 0.168. The summed E-state index contributed by atoms with van der Waals surface area (Å²) < 4.78 is 0. The molecule has 0 fully saturated rings. The highest BCUT2D eigenvalue weighted by Crippen LogP contribution is 2.33. The van der Waals surface area contributed by atoms with E-state index in [1.165, 1.54) is 9.75 Å². The summed E-state index contributed by atoms with van der Waals surface area (Å²) in [6.07, 6.45) is 6.85. The SMILES string of the molecule is Cc1sc2c(c1C)C(=O)N(C1=CC=CNC1)CC2. The van der Waals surface area contributed by atoms with Crippen LogP contribution in [0.4, 0.5) is 0 Å². The van der Waals surface area contributed by atoms with Crippen LogP contribution in [-0.2, 0) is 6.42 Å². The number of aryl methyl sites for hydroxylation is 1. The monoisotopic (exact) mass is 260 g/mol. The van der Waals surface area contributed by atoms with Crippen LogP contribution in [0.1, 0.15) is 25.7 Å². The van der Waals surface area contributed by atoms with Gasteiger partial charge < -0.3 is 10.2 Å². The number of hydrogen-bond acceptors (Lipinski definition) is 3. The smallest absolute Gasteiger partial charge is 0.259 e. The number of fused-ring (bicyclic) bond motifs is 1. The predicted octanol–water partition coefficient (Wildman–Crippen LogP) is 2.36. The van der Waals surface area contributed by atoms with Gasteiger partial charge in [0.05, 0.1) is 12.1 Å². The average molecular weight is 260 g/mol. The molecule has 1 aromatic rings. The molecule has 0 atom stereocenters. The summed E-state index contributed by atoms with van der Waals surface area (Å²) >= 11 is 1.77. The first-order chi connectivity index (χ1) is 8.68. The van der Waals surface area contributed by atoms with Crippen LogP contribution in [0.25, 0.3) is 0 Å². The van der Waals surface area contributed by atoms with Gasteiger partial charge in [-0.15, -0.1) is 11.3 Å². The molecule has 0 radical (unpaired) electrons. The second-order valence-electron chi connectivity index (χ2n) is 4.69. The molecular weight excluding hydrogens is 244 g/mol. The number of hydrogen-bond donors (Lipinski definition) is 1. The molecule has 3 rings (SSSR count). The molecule has 1 N–H and O–H groups in total. The lowest BCUT2D eigenvalue weighted by Gasteiger charge is -2.30. The topological polar surface area (TPSA) is 32.3 Å². The van der Waals surface area contributed by atoms with Crippen molar-refractivity contribution in [3.05, 3.63) is 44.9 Å². The summed E-state index contributed by atoms with van der Waals surface area (Å²) in [4.78, 5) is 17.0. The Hall–Kier alpha value is -1.55. The van der Waals surface area contributed by atoms with Crippen molar-refractivity contribution in [2.75, 3.05) is 13.1 Å². The van der Waals surface area contributed by atoms with Crippen molar-refractivity contribution in [2.45, 2.75) is 20.3 Å². The van der Waals surface area contributed by atoms with E-state index in [4.69, 9.17) is 0 Å². The van der Waals surface area contributed by atoms with Gasteiger partial charge >= 0.3 is 0 Å². The van der Waals surface area contributed by atoms with E-state index < -0.39 is 0 Å². The molecule has 0 bridgehead atoms. The number of nitrogens with zero attached hydrogens (tertiary/aromatic N) is 1. The number of nitrogens with one attached hydrogen (secondary N) is 1. The Morgan fingerprint density at radius 2 is 2.22 bits per heavy atom. The Bertz CT molecular complexity index is 569. The maximum atomic E-state index is 12.6. The summed E-state index contributed by atoms with van der Waals surface area (Å²) in [7, 11) is 0. The molecule has 2 aliphatic rings. The number of amides is 1. The molecule has 1 aromatic heterocycles. The molecule has 0 spiro atoms. The van der Waals surface area contributed by atoms with Gasteiger partial charge in [0.15, 0.2) is 0 Å². The van der Waals surface area contributed by atoms with Crippen LogP contribution in [0.3, 0.4) is 0 Å². The first-order valence-electron chi connectivity index (χ1n) is 6.18. The molecule has 0 saturated heterocycles. The van der Waals surface area contributed by atoms with E-state index in [0.717, 1.165) is 36.3 Å². The Morgan fingerprint density at radius 3 is 2.94 bits per heavy atom. The van der Waals surface area contributed by atoms with Crippen LogP contribution in [0.5, 0.6) is 0 Å². The second-order valence-corrected chi connectivity index (χ2v) is 6.00. The highest BCUT2D eigenvalue weighted by molar-refractivity contribution is 7.12. The van der Waals surface area contributed by atoms with E-state index in [9.17, 15) is 4.79 Å². The lowest BCUT2D eigenvalue weighted by molar-refractivity contribution is 0.0789. The normalized spacial score (nSPS) is 18.4. The van der Waals surface area contributed by atoms with Gasteiger partial charge in [-0.25, -0.2) is 0 Å². The van der Waals surface area contributed by atoms with Gasteiger partial charge in [-0.1, -0.05) is 0 Å². The quantitative estimate of drug-likeness (QED) is 0.840. The molecule has 3 heterocycles. The van der Waals surface area contributed by atoms with Gasteiger partial charge in [0.2, 0.25) is 0 Å². The molecule has 0 unspecified atom stereocenters. The van der Waals surface area contributed by atoms with Crippen LogP contribution in [0.2, 0.25) is 0 Å². The highest BCUT2D eigenvalue weighted by atomic mass is 32.1.